The van der Waals surface area contributed by atoms with Gasteiger partial charge in [-0.1, -0.05) is 270 Å². The van der Waals surface area contributed by atoms with Crippen molar-refractivity contribution in [1.29, 1.82) is 0 Å². The monoisotopic (exact) mass is 957 g/mol. The van der Waals surface area contributed by atoms with E-state index in [9.17, 15) is 14.4 Å². The van der Waals surface area contributed by atoms with Crippen molar-refractivity contribution in [3.63, 3.8) is 0 Å². The molecule has 1 unspecified atom stereocenters. The molecule has 0 saturated heterocycles. The molecular weight excluding hydrogens is 841 g/mol. The summed E-state index contributed by atoms with van der Waals surface area (Å²) in [6.45, 7) is 6.66. The van der Waals surface area contributed by atoms with Crippen LogP contribution in [0.1, 0.15) is 335 Å². The van der Waals surface area contributed by atoms with E-state index in [1.165, 1.54) is 238 Å². The number of unbranched alkanes of at least 4 members (excludes halogenated alkanes) is 41. The van der Waals surface area contributed by atoms with Gasteiger partial charge in [-0.3, -0.25) is 14.4 Å². The maximum atomic E-state index is 12.8. The van der Waals surface area contributed by atoms with Crippen molar-refractivity contribution in [1.82, 2.24) is 0 Å². The summed E-state index contributed by atoms with van der Waals surface area (Å²) in [6.07, 6.45) is 67.6. The first-order valence-electron chi connectivity index (χ1n) is 30.3. The van der Waals surface area contributed by atoms with Crippen molar-refractivity contribution in [3.05, 3.63) is 24.3 Å². The third kappa shape index (κ3) is 54.8. The van der Waals surface area contributed by atoms with Crippen LogP contribution >= 0.6 is 0 Å². The third-order valence-corrected chi connectivity index (χ3v) is 13.7. The van der Waals surface area contributed by atoms with Gasteiger partial charge in [0.15, 0.2) is 6.10 Å². The number of esters is 3. The lowest BCUT2D eigenvalue weighted by molar-refractivity contribution is -0.167. The van der Waals surface area contributed by atoms with Crippen LogP contribution in [0.25, 0.3) is 0 Å². The first-order chi connectivity index (χ1) is 33.5. The fraction of sp³-hybridized carbons (Fsp3) is 0.887. The van der Waals surface area contributed by atoms with Gasteiger partial charge in [0.2, 0.25) is 0 Å². The van der Waals surface area contributed by atoms with E-state index in [0.29, 0.717) is 19.3 Å². The van der Waals surface area contributed by atoms with Crippen molar-refractivity contribution in [2.24, 2.45) is 0 Å². The van der Waals surface area contributed by atoms with E-state index in [1.54, 1.807) is 0 Å². The zero-order valence-corrected chi connectivity index (χ0v) is 45.9. The Morgan fingerprint density at radius 1 is 0.279 bits per heavy atom. The molecule has 0 radical (unpaired) electrons. The molecule has 0 aromatic carbocycles. The molecule has 400 valence electrons. The molecule has 6 nitrogen and oxygen atoms in total. The Morgan fingerprint density at radius 2 is 0.485 bits per heavy atom. The largest absolute Gasteiger partial charge is 0.462 e. The van der Waals surface area contributed by atoms with Gasteiger partial charge in [-0.05, 0) is 70.6 Å². The molecule has 0 saturated carbocycles. The van der Waals surface area contributed by atoms with Crippen LogP contribution in [0.15, 0.2) is 24.3 Å². The molecule has 0 aliphatic rings. The molecule has 68 heavy (non-hydrogen) atoms. The average molecular weight is 958 g/mol. The number of ether oxygens (including phenoxy) is 3. The van der Waals surface area contributed by atoms with E-state index >= 15 is 0 Å². The second-order valence-corrected chi connectivity index (χ2v) is 20.6. The van der Waals surface area contributed by atoms with Crippen LogP contribution in [0, 0.1) is 0 Å². The van der Waals surface area contributed by atoms with Crippen molar-refractivity contribution >= 4 is 17.9 Å². The van der Waals surface area contributed by atoms with Crippen LogP contribution < -0.4 is 0 Å². The highest BCUT2D eigenvalue weighted by Crippen LogP contribution is 2.17. The minimum Gasteiger partial charge on any atom is -0.462 e. The molecule has 0 amide bonds. The first-order valence-corrected chi connectivity index (χ1v) is 30.3. The number of rotatable bonds is 56. The Hall–Kier alpha value is -2.11. The second kappa shape index (κ2) is 57.5. The number of hydrogen-bond donors (Lipinski definition) is 0. The van der Waals surface area contributed by atoms with E-state index in [0.717, 1.165) is 57.8 Å². The normalized spacial score (nSPS) is 12.1. The summed E-state index contributed by atoms with van der Waals surface area (Å²) in [4.78, 5) is 38.1. The van der Waals surface area contributed by atoms with Gasteiger partial charge in [-0.25, -0.2) is 0 Å². The summed E-state index contributed by atoms with van der Waals surface area (Å²) < 4.78 is 16.8. The predicted octanol–water partition coefficient (Wildman–Crippen LogP) is 20.3. The highest BCUT2D eigenvalue weighted by Gasteiger charge is 2.19. The molecule has 0 aliphatic heterocycles. The van der Waals surface area contributed by atoms with Crippen molar-refractivity contribution in [3.8, 4) is 0 Å². The second-order valence-electron chi connectivity index (χ2n) is 20.6. The highest BCUT2D eigenvalue weighted by molar-refractivity contribution is 5.71. The highest BCUT2D eigenvalue weighted by atomic mass is 16.6. The maximum absolute atomic E-state index is 12.8. The van der Waals surface area contributed by atoms with Crippen LogP contribution in [-0.2, 0) is 28.6 Å². The van der Waals surface area contributed by atoms with Gasteiger partial charge in [-0.2, -0.15) is 0 Å². The van der Waals surface area contributed by atoms with Gasteiger partial charge in [0.25, 0.3) is 0 Å². The van der Waals surface area contributed by atoms with Crippen molar-refractivity contribution in [2.75, 3.05) is 13.2 Å². The molecule has 0 heterocycles. The van der Waals surface area contributed by atoms with Crippen LogP contribution in [0.2, 0.25) is 0 Å². The third-order valence-electron chi connectivity index (χ3n) is 13.7. The van der Waals surface area contributed by atoms with E-state index < -0.39 is 6.10 Å². The molecular formula is C62H116O6. The lowest BCUT2D eigenvalue weighted by atomic mass is 10.1. The van der Waals surface area contributed by atoms with Crippen LogP contribution in [0.3, 0.4) is 0 Å². The fourth-order valence-corrected chi connectivity index (χ4v) is 9.08. The van der Waals surface area contributed by atoms with Gasteiger partial charge in [0.05, 0.1) is 0 Å². The SMILES string of the molecule is CCCCCCCCCC/C=C\CCCCCCCCCCCC(=O)OCC(COC(=O)CCCCCCCCCC)OC(=O)CCCCCCCCCCC/C=C\CCCCCCCCCC. The molecule has 0 aliphatic carbocycles. The number of carbonyl (C=O) groups is 3. The van der Waals surface area contributed by atoms with Gasteiger partial charge in [0.1, 0.15) is 13.2 Å². The Morgan fingerprint density at radius 3 is 0.735 bits per heavy atom. The topological polar surface area (TPSA) is 78.9 Å². The molecule has 0 spiro atoms. The zero-order valence-electron chi connectivity index (χ0n) is 45.9. The molecule has 6 heteroatoms. The Balaban J connectivity index is 4.18. The van der Waals surface area contributed by atoms with Crippen LogP contribution in [-0.4, -0.2) is 37.2 Å². The van der Waals surface area contributed by atoms with E-state index in [-0.39, 0.29) is 31.1 Å². The number of hydrogen-bond acceptors (Lipinski definition) is 6. The number of allylic oxidation sites excluding steroid dienone is 4. The Labute approximate surface area is 423 Å². The summed E-state index contributed by atoms with van der Waals surface area (Å²) in [5.41, 5.74) is 0. The molecule has 0 bridgehead atoms. The standard InChI is InChI=1S/C62H116O6/c1-4-7-10-13-16-19-21-23-25-27-29-31-33-35-37-39-41-43-46-49-52-55-61(64)67-58-59(57-66-60(63)54-51-48-45-18-15-12-9-6-3)68-62(65)56-53-50-47-44-42-40-38-36-34-32-30-28-26-24-22-20-17-14-11-8-5-2/h27-30,59H,4-26,31-58H2,1-3H3/b29-27-,30-28-. The lowest BCUT2D eigenvalue weighted by Crippen LogP contribution is -2.30. The molecule has 1 atom stereocenters. The van der Waals surface area contributed by atoms with E-state index in [4.69, 9.17) is 14.2 Å². The van der Waals surface area contributed by atoms with E-state index in [1.807, 2.05) is 0 Å². The van der Waals surface area contributed by atoms with E-state index in [2.05, 4.69) is 45.1 Å². The van der Waals surface area contributed by atoms with Gasteiger partial charge in [0, 0.05) is 19.3 Å². The van der Waals surface area contributed by atoms with Crippen LogP contribution in [0.4, 0.5) is 0 Å². The molecule has 0 N–H and O–H groups in total. The average Bonchev–Trinajstić information content (AvgIpc) is 3.34. The summed E-state index contributed by atoms with van der Waals surface area (Å²) in [5, 5.41) is 0. The Kier molecular flexibility index (Phi) is 55.7. The molecule has 0 aromatic rings. The zero-order chi connectivity index (χ0) is 49.3. The van der Waals surface area contributed by atoms with Gasteiger partial charge < -0.3 is 14.2 Å². The summed E-state index contributed by atoms with van der Waals surface area (Å²) in [6, 6.07) is 0. The minimum atomic E-state index is -0.768. The summed E-state index contributed by atoms with van der Waals surface area (Å²) in [5.74, 6) is -0.858. The quantitative estimate of drug-likeness (QED) is 0.0262. The van der Waals surface area contributed by atoms with Crippen molar-refractivity contribution < 1.29 is 28.6 Å². The van der Waals surface area contributed by atoms with Gasteiger partial charge in [-0.15, -0.1) is 0 Å². The lowest BCUT2D eigenvalue weighted by Gasteiger charge is -2.18. The summed E-state index contributed by atoms with van der Waals surface area (Å²) >= 11 is 0. The first kappa shape index (κ1) is 65.9. The maximum Gasteiger partial charge on any atom is 0.306 e. The summed E-state index contributed by atoms with van der Waals surface area (Å²) in [7, 11) is 0. The molecule has 0 aromatic heterocycles. The number of carbonyl (C=O) groups excluding carboxylic acids is 3. The van der Waals surface area contributed by atoms with Crippen molar-refractivity contribution in [2.45, 2.75) is 341 Å². The molecule has 0 fully saturated rings. The fourth-order valence-electron chi connectivity index (χ4n) is 9.08. The predicted molar refractivity (Wildman–Crippen MR) is 293 cm³/mol. The minimum absolute atomic E-state index is 0.0689. The van der Waals surface area contributed by atoms with Gasteiger partial charge >= 0.3 is 17.9 Å². The molecule has 0 rings (SSSR count). The smallest absolute Gasteiger partial charge is 0.306 e. The van der Waals surface area contributed by atoms with Crippen LogP contribution in [0.5, 0.6) is 0 Å². The Bertz CT molecular complexity index is 1100.